The normalized spacial score (nSPS) is 10.8. The van der Waals surface area contributed by atoms with E-state index in [9.17, 15) is 9.18 Å². The summed E-state index contributed by atoms with van der Waals surface area (Å²) in [6.45, 7) is 0. The molecule has 0 aliphatic rings. The molecular formula is C14H9FN2O2. The quantitative estimate of drug-likeness (QED) is 0.767. The lowest BCUT2D eigenvalue weighted by atomic mass is 10.2. The van der Waals surface area contributed by atoms with Gasteiger partial charge >= 0.3 is 5.97 Å². The molecule has 0 aliphatic heterocycles. The van der Waals surface area contributed by atoms with Crippen molar-refractivity contribution in [2.75, 3.05) is 0 Å². The number of rotatable bonds is 2. The molecule has 0 radical (unpaired) electrons. The number of carboxylic acid groups (broad SMARTS) is 1. The molecule has 4 nitrogen and oxygen atoms in total. The Bertz CT molecular complexity index is 780. The van der Waals surface area contributed by atoms with Crippen molar-refractivity contribution in [2.45, 2.75) is 0 Å². The second-order valence-corrected chi connectivity index (χ2v) is 4.08. The number of hydrogen-bond donors (Lipinski definition) is 1. The molecule has 0 saturated heterocycles. The zero-order valence-electron chi connectivity index (χ0n) is 9.75. The molecule has 0 fully saturated rings. The van der Waals surface area contributed by atoms with Crippen LogP contribution in [0, 0.1) is 5.82 Å². The van der Waals surface area contributed by atoms with Crippen LogP contribution in [0.4, 0.5) is 4.39 Å². The van der Waals surface area contributed by atoms with Gasteiger partial charge in [0.05, 0.1) is 22.8 Å². The standard InChI is InChI=1S/C14H9FN2O2/c15-12-4-2-1-3-11(12)13-16-8-10-7-9(14(18)19)5-6-17(10)13/h1-8H,(H,18,19). The second kappa shape index (κ2) is 4.20. The van der Waals surface area contributed by atoms with Gasteiger partial charge in [-0.15, -0.1) is 0 Å². The van der Waals surface area contributed by atoms with Gasteiger partial charge in [0, 0.05) is 6.20 Å². The highest BCUT2D eigenvalue weighted by atomic mass is 19.1. The number of carboxylic acids is 1. The molecular weight excluding hydrogens is 247 g/mol. The van der Waals surface area contributed by atoms with Crippen molar-refractivity contribution >= 4 is 11.5 Å². The third kappa shape index (κ3) is 1.85. The lowest BCUT2D eigenvalue weighted by Gasteiger charge is -2.03. The van der Waals surface area contributed by atoms with Gasteiger partial charge in [0.15, 0.2) is 0 Å². The maximum Gasteiger partial charge on any atom is 0.335 e. The first-order valence-electron chi connectivity index (χ1n) is 5.62. The molecule has 0 atom stereocenters. The van der Waals surface area contributed by atoms with Gasteiger partial charge in [-0.25, -0.2) is 14.2 Å². The zero-order chi connectivity index (χ0) is 13.4. The molecule has 3 rings (SSSR count). The van der Waals surface area contributed by atoms with Gasteiger partial charge in [0.1, 0.15) is 11.6 Å². The number of aromatic nitrogens is 2. The van der Waals surface area contributed by atoms with E-state index in [1.807, 2.05) is 0 Å². The van der Waals surface area contributed by atoms with Crippen LogP contribution < -0.4 is 0 Å². The smallest absolute Gasteiger partial charge is 0.335 e. The zero-order valence-corrected chi connectivity index (χ0v) is 9.75. The summed E-state index contributed by atoms with van der Waals surface area (Å²) in [5.41, 5.74) is 1.16. The minimum atomic E-state index is -1.00. The molecule has 2 aromatic heterocycles. The van der Waals surface area contributed by atoms with Crippen molar-refractivity contribution in [3.63, 3.8) is 0 Å². The van der Waals surface area contributed by atoms with Crippen molar-refractivity contribution < 1.29 is 14.3 Å². The fraction of sp³-hybridized carbons (Fsp3) is 0. The average Bonchev–Trinajstić information content (AvgIpc) is 2.82. The fourth-order valence-electron chi connectivity index (χ4n) is 1.97. The van der Waals surface area contributed by atoms with Gasteiger partial charge in [0.25, 0.3) is 0 Å². The van der Waals surface area contributed by atoms with Crippen LogP contribution in [0.5, 0.6) is 0 Å². The first-order chi connectivity index (χ1) is 9.16. The maximum atomic E-state index is 13.7. The SMILES string of the molecule is O=C(O)c1ccn2c(-c3ccccc3F)ncc2c1. The summed E-state index contributed by atoms with van der Waals surface area (Å²) in [4.78, 5) is 15.0. The van der Waals surface area contributed by atoms with E-state index in [2.05, 4.69) is 4.98 Å². The summed E-state index contributed by atoms with van der Waals surface area (Å²) in [5.74, 6) is -0.918. The molecule has 0 bridgehead atoms. The lowest BCUT2D eigenvalue weighted by Crippen LogP contribution is -1.98. The monoisotopic (exact) mass is 256 g/mol. The number of halogens is 1. The van der Waals surface area contributed by atoms with E-state index in [1.54, 1.807) is 28.8 Å². The van der Waals surface area contributed by atoms with E-state index in [4.69, 9.17) is 5.11 Å². The topological polar surface area (TPSA) is 54.6 Å². The van der Waals surface area contributed by atoms with Crippen LogP contribution in [-0.2, 0) is 0 Å². The largest absolute Gasteiger partial charge is 0.478 e. The second-order valence-electron chi connectivity index (χ2n) is 4.08. The number of carbonyl (C=O) groups is 1. The number of nitrogens with zero attached hydrogens (tertiary/aromatic N) is 2. The van der Waals surface area contributed by atoms with Crippen LogP contribution in [0.3, 0.4) is 0 Å². The van der Waals surface area contributed by atoms with Gasteiger partial charge in [-0.3, -0.25) is 4.40 Å². The number of hydrogen-bond acceptors (Lipinski definition) is 2. The minimum Gasteiger partial charge on any atom is -0.478 e. The molecule has 19 heavy (non-hydrogen) atoms. The summed E-state index contributed by atoms with van der Waals surface area (Å²) in [6.07, 6.45) is 3.10. The highest BCUT2D eigenvalue weighted by Crippen LogP contribution is 2.22. The van der Waals surface area contributed by atoms with Gasteiger partial charge < -0.3 is 5.11 Å². The van der Waals surface area contributed by atoms with Gasteiger partial charge in [-0.1, -0.05) is 12.1 Å². The van der Waals surface area contributed by atoms with Gasteiger partial charge in [-0.2, -0.15) is 0 Å². The van der Waals surface area contributed by atoms with E-state index >= 15 is 0 Å². The Morgan fingerprint density at radius 3 is 2.79 bits per heavy atom. The summed E-state index contributed by atoms with van der Waals surface area (Å²) >= 11 is 0. The Kier molecular flexibility index (Phi) is 2.52. The Labute approximate surface area is 107 Å². The van der Waals surface area contributed by atoms with Crippen molar-refractivity contribution in [3.8, 4) is 11.4 Å². The van der Waals surface area contributed by atoms with Crippen molar-refractivity contribution in [1.29, 1.82) is 0 Å². The molecule has 1 aromatic carbocycles. The van der Waals surface area contributed by atoms with E-state index in [0.29, 0.717) is 16.9 Å². The maximum absolute atomic E-state index is 13.7. The Morgan fingerprint density at radius 2 is 2.05 bits per heavy atom. The highest BCUT2D eigenvalue weighted by Gasteiger charge is 2.12. The van der Waals surface area contributed by atoms with Crippen LogP contribution in [0.25, 0.3) is 16.9 Å². The van der Waals surface area contributed by atoms with Gasteiger partial charge in [-0.05, 0) is 24.3 Å². The predicted octanol–water partition coefficient (Wildman–Crippen LogP) is 2.84. The van der Waals surface area contributed by atoms with Crippen LogP contribution in [0.1, 0.15) is 10.4 Å². The molecule has 0 amide bonds. The summed E-state index contributed by atoms with van der Waals surface area (Å²) < 4.78 is 15.4. The van der Waals surface area contributed by atoms with Crippen LogP contribution >= 0.6 is 0 Å². The minimum absolute atomic E-state index is 0.174. The molecule has 2 heterocycles. The third-order valence-corrected chi connectivity index (χ3v) is 2.89. The van der Waals surface area contributed by atoms with Crippen LogP contribution in [-0.4, -0.2) is 20.5 Å². The van der Waals surface area contributed by atoms with Gasteiger partial charge in [0.2, 0.25) is 0 Å². The molecule has 3 aromatic rings. The number of aromatic carboxylic acids is 1. The van der Waals surface area contributed by atoms with Crippen molar-refractivity contribution in [3.05, 3.63) is 60.2 Å². The summed E-state index contributed by atoms with van der Waals surface area (Å²) in [6, 6.07) is 9.29. The first-order valence-corrected chi connectivity index (χ1v) is 5.62. The van der Waals surface area contributed by atoms with Crippen LogP contribution in [0.15, 0.2) is 48.8 Å². The average molecular weight is 256 g/mol. The Hall–Kier alpha value is -2.69. The molecule has 0 unspecified atom stereocenters. The van der Waals surface area contributed by atoms with E-state index < -0.39 is 5.97 Å². The first kappa shape index (κ1) is 11.4. The molecule has 0 spiro atoms. The molecule has 94 valence electrons. The Balaban J connectivity index is 2.22. The summed E-state index contributed by atoms with van der Waals surface area (Å²) in [5, 5.41) is 8.92. The van der Waals surface area contributed by atoms with Crippen molar-refractivity contribution in [2.24, 2.45) is 0 Å². The highest BCUT2D eigenvalue weighted by molar-refractivity contribution is 5.89. The lowest BCUT2D eigenvalue weighted by molar-refractivity contribution is 0.0697. The van der Waals surface area contributed by atoms with E-state index in [-0.39, 0.29) is 11.4 Å². The van der Waals surface area contributed by atoms with E-state index in [1.165, 1.54) is 24.4 Å². The molecule has 0 saturated carbocycles. The Morgan fingerprint density at radius 1 is 1.26 bits per heavy atom. The number of fused-ring (bicyclic) bond motifs is 1. The third-order valence-electron chi connectivity index (χ3n) is 2.89. The number of imidazole rings is 1. The summed E-state index contributed by atoms with van der Waals surface area (Å²) in [7, 11) is 0. The molecule has 0 aliphatic carbocycles. The van der Waals surface area contributed by atoms with E-state index in [0.717, 1.165) is 0 Å². The number of benzene rings is 1. The van der Waals surface area contributed by atoms with Crippen LogP contribution in [0.2, 0.25) is 0 Å². The predicted molar refractivity (Wildman–Crippen MR) is 67.5 cm³/mol. The number of pyridine rings is 1. The fourth-order valence-corrected chi connectivity index (χ4v) is 1.97. The van der Waals surface area contributed by atoms with Crippen molar-refractivity contribution in [1.82, 2.24) is 9.38 Å². The molecule has 5 heteroatoms. The molecule has 1 N–H and O–H groups in total.